The molecule has 1 aromatic carbocycles. The average Bonchev–Trinajstić information content (AvgIpc) is 2.97. The van der Waals surface area contributed by atoms with E-state index in [2.05, 4.69) is 0 Å². The maximum atomic E-state index is 12.3. The number of likely N-dealkylation sites (N-methyl/N-ethyl adjacent to an activating group) is 2. The highest BCUT2D eigenvalue weighted by Crippen LogP contribution is 2.19. The molecule has 1 aliphatic heterocycles. The predicted molar refractivity (Wildman–Crippen MR) is 78.2 cm³/mol. The van der Waals surface area contributed by atoms with Crippen LogP contribution in [-0.4, -0.2) is 61.8 Å². The van der Waals surface area contributed by atoms with E-state index in [1.807, 2.05) is 30.3 Å². The Bertz CT molecular complexity index is 506. The van der Waals surface area contributed by atoms with Gasteiger partial charge in [0.15, 0.2) is 0 Å². The molecule has 0 aromatic heterocycles. The molecule has 114 valence electrons. The molecular formula is C15H20N2O4. The number of amides is 1. The van der Waals surface area contributed by atoms with Crippen molar-refractivity contribution in [3.8, 4) is 0 Å². The van der Waals surface area contributed by atoms with Crippen molar-refractivity contribution in [1.29, 1.82) is 0 Å². The number of carboxylic acids is 1. The van der Waals surface area contributed by atoms with Gasteiger partial charge in [0.1, 0.15) is 0 Å². The molecule has 0 aliphatic carbocycles. The maximum Gasteiger partial charge on any atom is 0.310 e. The molecule has 0 radical (unpaired) electrons. The van der Waals surface area contributed by atoms with Gasteiger partial charge in [-0.15, -0.1) is 0 Å². The Labute approximate surface area is 123 Å². The monoisotopic (exact) mass is 292 g/mol. The second kappa shape index (κ2) is 6.69. The van der Waals surface area contributed by atoms with Gasteiger partial charge < -0.3 is 14.7 Å². The van der Waals surface area contributed by atoms with Crippen molar-refractivity contribution >= 4 is 17.6 Å². The Hall–Kier alpha value is -1.92. The molecule has 21 heavy (non-hydrogen) atoms. The van der Waals surface area contributed by atoms with Gasteiger partial charge in [0.2, 0.25) is 5.91 Å². The average molecular weight is 292 g/mol. The van der Waals surface area contributed by atoms with Crippen LogP contribution in [0.25, 0.3) is 0 Å². The van der Waals surface area contributed by atoms with Gasteiger partial charge >= 0.3 is 5.97 Å². The zero-order chi connectivity index (χ0) is 15.4. The van der Waals surface area contributed by atoms with Crippen molar-refractivity contribution in [2.24, 2.45) is 5.92 Å². The van der Waals surface area contributed by atoms with E-state index in [1.165, 1.54) is 0 Å². The number of carboxylic acid groups (broad SMARTS) is 1. The SMILES string of the molecule is CN(C(=O)CN(C)C1COCC1C(=O)O)c1ccccc1. The summed E-state index contributed by atoms with van der Waals surface area (Å²) < 4.78 is 5.23. The quantitative estimate of drug-likeness (QED) is 0.864. The lowest BCUT2D eigenvalue weighted by molar-refractivity contribution is -0.143. The van der Waals surface area contributed by atoms with Crippen LogP contribution in [0, 0.1) is 5.92 Å². The van der Waals surface area contributed by atoms with Crippen LogP contribution in [0.4, 0.5) is 5.69 Å². The lowest BCUT2D eigenvalue weighted by atomic mass is 10.0. The van der Waals surface area contributed by atoms with Crippen LogP contribution < -0.4 is 4.90 Å². The first-order chi connectivity index (χ1) is 10.0. The standard InChI is InChI=1S/C15H20N2O4/c1-16(13-10-21-9-12(13)15(19)20)8-14(18)17(2)11-6-4-3-5-7-11/h3-7,12-13H,8-10H2,1-2H3,(H,19,20). The minimum absolute atomic E-state index is 0.0836. The topological polar surface area (TPSA) is 70.1 Å². The van der Waals surface area contributed by atoms with Gasteiger partial charge in [0, 0.05) is 18.8 Å². The largest absolute Gasteiger partial charge is 0.481 e. The number of aliphatic carboxylic acids is 1. The molecule has 0 spiro atoms. The summed E-state index contributed by atoms with van der Waals surface area (Å²) in [6.07, 6.45) is 0. The number of rotatable bonds is 5. The van der Waals surface area contributed by atoms with Crippen molar-refractivity contribution in [3.05, 3.63) is 30.3 Å². The molecule has 1 aromatic rings. The van der Waals surface area contributed by atoms with Crippen LogP contribution in [-0.2, 0) is 14.3 Å². The zero-order valence-electron chi connectivity index (χ0n) is 12.2. The van der Waals surface area contributed by atoms with E-state index in [9.17, 15) is 9.59 Å². The molecule has 1 saturated heterocycles. The summed E-state index contributed by atoms with van der Waals surface area (Å²) in [5.41, 5.74) is 0.813. The van der Waals surface area contributed by atoms with E-state index < -0.39 is 11.9 Å². The molecule has 6 nitrogen and oxygen atoms in total. The smallest absolute Gasteiger partial charge is 0.310 e. The summed E-state index contributed by atoms with van der Waals surface area (Å²) >= 11 is 0. The predicted octanol–water partition coefficient (Wildman–Crippen LogP) is 0.681. The summed E-state index contributed by atoms with van der Waals surface area (Å²) in [6, 6.07) is 9.08. The molecular weight excluding hydrogens is 272 g/mol. The molecule has 2 atom stereocenters. The summed E-state index contributed by atoms with van der Waals surface area (Å²) in [5, 5.41) is 9.15. The van der Waals surface area contributed by atoms with Crippen LogP contribution in [0.1, 0.15) is 0 Å². The lowest BCUT2D eigenvalue weighted by Gasteiger charge is -2.27. The minimum Gasteiger partial charge on any atom is -0.481 e. The normalized spacial score (nSPS) is 21.5. The second-order valence-electron chi connectivity index (χ2n) is 5.25. The van der Waals surface area contributed by atoms with E-state index >= 15 is 0 Å². The molecule has 2 unspecified atom stereocenters. The molecule has 6 heteroatoms. The fourth-order valence-corrected chi connectivity index (χ4v) is 2.45. The van der Waals surface area contributed by atoms with Gasteiger partial charge in [-0.1, -0.05) is 18.2 Å². The number of anilines is 1. The summed E-state index contributed by atoms with van der Waals surface area (Å²) in [6.45, 7) is 0.700. The van der Waals surface area contributed by atoms with Gasteiger partial charge in [-0.25, -0.2) is 0 Å². The zero-order valence-corrected chi connectivity index (χ0v) is 12.2. The second-order valence-corrected chi connectivity index (χ2v) is 5.25. The maximum absolute atomic E-state index is 12.3. The molecule has 0 saturated carbocycles. The van der Waals surface area contributed by atoms with Gasteiger partial charge in [-0.2, -0.15) is 0 Å². The third-order valence-electron chi connectivity index (χ3n) is 3.84. The fraction of sp³-hybridized carbons (Fsp3) is 0.467. The number of nitrogens with zero attached hydrogens (tertiary/aromatic N) is 2. The van der Waals surface area contributed by atoms with Crippen molar-refractivity contribution < 1.29 is 19.4 Å². The Kier molecular flexibility index (Phi) is 4.93. The third kappa shape index (κ3) is 3.59. The van der Waals surface area contributed by atoms with Gasteiger partial charge in [0.25, 0.3) is 0 Å². The van der Waals surface area contributed by atoms with E-state index in [4.69, 9.17) is 9.84 Å². The van der Waals surface area contributed by atoms with Crippen molar-refractivity contribution in [3.63, 3.8) is 0 Å². The molecule has 0 bridgehead atoms. The Morgan fingerprint density at radius 3 is 2.52 bits per heavy atom. The number of benzene rings is 1. The molecule has 1 heterocycles. The van der Waals surface area contributed by atoms with Crippen molar-refractivity contribution in [2.45, 2.75) is 6.04 Å². The van der Waals surface area contributed by atoms with E-state index in [0.29, 0.717) is 6.61 Å². The highest BCUT2D eigenvalue weighted by molar-refractivity contribution is 5.94. The number of hydrogen-bond acceptors (Lipinski definition) is 4. The number of carbonyl (C=O) groups is 2. The first-order valence-corrected chi connectivity index (χ1v) is 6.83. The number of carbonyl (C=O) groups excluding carboxylic acids is 1. The highest BCUT2D eigenvalue weighted by Gasteiger charge is 2.37. The van der Waals surface area contributed by atoms with Crippen LogP contribution in [0.5, 0.6) is 0 Å². The Morgan fingerprint density at radius 2 is 1.90 bits per heavy atom. The van der Waals surface area contributed by atoms with Gasteiger partial charge in [-0.3, -0.25) is 14.5 Å². The lowest BCUT2D eigenvalue weighted by Crippen LogP contribution is -2.46. The third-order valence-corrected chi connectivity index (χ3v) is 3.84. The Balaban J connectivity index is 1.97. The fourth-order valence-electron chi connectivity index (χ4n) is 2.45. The number of para-hydroxylation sites is 1. The van der Waals surface area contributed by atoms with Crippen LogP contribution in [0.2, 0.25) is 0 Å². The summed E-state index contributed by atoms with van der Waals surface area (Å²) in [5.74, 6) is -1.54. The van der Waals surface area contributed by atoms with Gasteiger partial charge in [0.05, 0.1) is 25.7 Å². The van der Waals surface area contributed by atoms with Crippen LogP contribution in [0.15, 0.2) is 30.3 Å². The molecule has 2 rings (SSSR count). The van der Waals surface area contributed by atoms with Crippen LogP contribution in [0.3, 0.4) is 0 Å². The Morgan fingerprint density at radius 1 is 1.24 bits per heavy atom. The van der Waals surface area contributed by atoms with Gasteiger partial charge in [-0.05, 0) is 19.2 Å². The molecule has 1 amide bonds. The van der Waals surface area contributed by atoms with Crippen molar-refractivity contribution in [2.75, 3.05) is 38.8 Å². The molecule has 1 fully saturated rings. The number of hydrogen-bond donors (Lipinski definition) is 1. The summed E-state index contributed by atoms with van der Waals surface area (Å²) in [4.78, 5) is 26.8. The highest BCUT2D eigenvalue weighted by atomic mass is 16.5. The van der Waals surface area contributed by atoms with E-state index in [0.717, 1.165) is 5.69 Å². The van der Waals surface area contributed by atoms with Crippen molar-refractivity contribution in [1.82, 2.24) is 4.90 Å². The van der Waals surface area contributed by atoms with Crippen LogP contribution >= 0.6 is 0 Å². The van der Waals surface area contributed by atoms with E-state index in [-0.39, 0.29) is 25.1 Å². The minimum atomic E-state index is -0.881. The molecule has 1 N–H and O–H groups in total. The first-order valence-electron chi connectivity index (χ1n) is 6.83. The summed E-state index contributed by atoms with van der Waals surface area (Å²) in [7, 11) is 3.47. The number of ether oxygens (including phenoxy) is 1. The first kappa shape index (κ1) is 15.5. The molecule has 1 aliphatic rings. The van der Waals surface area contributed by atoms with E-state index in [1.54, 1.807) is 23.9 Å².